The second kappa shape index (κ2) is 3.72. The normalized spacial score (nSPS) is 11.1. The van der Waals surface area contributed by atoms with E-state index in [2.05, 4.69) is 10.4 Å². The fraction of sp³-hybridized carbons (Fsp3) is 0.444. The molecule has 0 aliphatic heterocycles. The van der Waals surface area contributed by atoms with Crippen molar-refractivity contribution in [2.24, 2.45) is 0 Å². The van der Waals surface area contributed by atoms with Crippen LogP contribution >= 0.6 is 0 Å². The van der Waals surface area contributed by atoms with Gasteiger partial charge in [-0.1, -0.05) is 0 Å². The van der Waals surface area contributed by atoms with E-state index in [9.17, 15) is 9.59 Å². The van der Waals surface area contributed by atoms with Crippen LogP contribution in [0.5, 0.6) is 0 Å². The highest BCUT2D eigenvalue weighted by molar-refractivity contribution is 5.87. The van der Waals surface area contributed by atoms with Crippen molar-refractivity contribution in [3.63, 3.8) is 0 Å². The largest absolute Gasteiger partial charge is 0.479 e. The number of carboxylic acids is 1. The van der Waals surface area contributed by atoms with Crippen molar-refractivity contribution >= 4 is 17.7 Å². The van der Waals surface area contributed by atoms with Gasteiger partial charge >= 0.3 is 5.97 Å². The number of nitrogens with one attached hydrogen (secondary N) is 1. The maximum atomic E-state index is 10.9. The quantitative estimate of drug-likeness (QED) is 0.769. The smallest absolute Gasteiger partial charge is 0.331 e. The summed E-state index contributed by atoms with van der Waals surface area (Å²) in [7, 11) is 0. The first-order chi connectivity index (χ1) is 6.84. The first-order valence-corrected chi connectivity index (χ1v) is 4.41. The number of rotatable bonds is 3. The molecule has 0 aliphatic carbocycles. The molecule has 0 saturated heterocycles. The molecule has 1 heterocycles. The molecule has 0 bridgehead atoms. The van der Waals surface area contributed by atoms with E-state index in [1.165, 1.54) is 31.6 Å². The van der Waals surface area contributed by atoms with Gasteiger partial charge in [0.2, 0.25) is 5.91 Å². The summed E-state index contributed by atoms with van der Waals surface area (Å²) in [6.07, 6.45) is 1.51. The number of anilines is 1. The highest BCUT2D eigenvalue weighted by Crippen LogP contribution is 2.16. The lowest BCUT2D eigenvalue weighted by Gasteiger charge is -2.19. The Hall–Kier alpha value is -1.85. The van der Waals surface area contributed by atoms with Gasteiger partial charge in [0.05, 0.1) is 0 Å². The zero-order valence-electron chi connectivity index (χ0n) is 8.81. The summed E-state index contributed by atoms with van der Waals surface area (Å²) < 4.78 is 1.29. The molecule has 1 aromatic rings. The fourth-order valence-corrected chi connectivity index (χ4v) is 0.980. The zero-order valence-corrected chi connectivity index (χ0v) is 8.81. The zero-order chi connectivity index (χ0) is 11.6. The van der Waals surface area contributed by atoms with E-state index in [0.29, 0.717) is 5.82 Å². The van der Waals surface area contributed by atoms with Crippen molar-refractivity contribution in [3.05, 3.63) is 12.3 Å². The van der Waals surface area contributed by atoms with Crippen LogP contribution < -0.4 is 5.32 Å². The molecular weight excluding hydrogens is 198 g/mol. The highest BCUT2D eigenvalue weighted by atomic mass is 16.4. The summed E-state index contributed by atoms with van der Waals surface area (Å²) in [4.78, 5) is 21.6. The van der Waals surface area contributed by atoms with Gasteiger partial charge in [-0.25, -0.2) is 4.79 Å². The molecule has 1 amide bonds. The number of aromatic nitrogens is 2. The standard InChI is InChI=1S/C9H13N3O3/c1-6(13)10-7-4-5-12(11-7)9(2,3)8(14)15/h4-5H,1-3H3,(H,14,15)(H,10,11,13). The van der Waals surface area contributed by atoms with Crippen molar-refractivity contribution in [3.8, 4) is 0 Å². The molecule has 0 fully saturated rings. The lowest BCUT2D eigenvalue weighted by molar-refractivity contribution is -0.146. The molecule has 6 heteroatoms. The van der Waals surface area contributed by atoms with Crippen LogP contribution in [0.15, 0.2) is 12.3 Å². The number of carbonyl (C=O) groups is 2. The van der Waals surface area contributed by atoms with Gasteiger partial charge in [-0.05, 0) is 13.8 Å². The fourth-order valence-electron chi connectivity index (χ4n) is 0.980. The summed E-state index contributed by atoms with van der Waals surface area (Å²) in [5, 5.41) is 15.4. The molecule has 0 aromatic carbocycles. The number of hydrogen-bond donors (Lipinski definition) is 2. The van der Waals surface area contributed by atoms with Gasteiger partial charge in [0.1, 0.15) is 0 Å². The number of hydrogen-bond acceptors (Lipinski definition) is 3. The minimum absolute atomic E-state index is 0.242. The maximum absolute atomic E-state index is 10.9. The minimum Gasteiger partial charge on any atom is -0.479 e. The second-order valence-corrected chi connectivity index (χ2v) is 3.69. The Bertz CT molecular complexity index is 395. The van der Waals surface area contributed by atoms with Crippen LogP contribution in [0.4, 0.5) is 5.82 Å². The molecular formula is C9H13N3O3. The van der Waals surface area contributed by atoms with Crippen LogP contribution in [0.2, 0.25) is 0 Å². The summed E-state index contributed by atoms with van der Waals surface area (Å²) in [6.45, 7) is 4.42. The second-order valence-electron chi connectivity index (χ2n) is 3.69. The van der Waals surface area contributed by atoms with E-state index in [1.807, 2.05) is 0 Å². The molecule has 15 heavy (non-hydrogen) atoms. The van der Waals surface area contributed by atoms with Gasteiger partial charge in [0.25, 0.3) is 0 Å². The molecule has 82 valence electrons. The molecule has 1 rings (SSSR count). The topological polar surface area (TPSA) is 84.2 Å². The first-order valence-electron chi connectivity index (χ1n) is 4.41. The average Bonchev–Trinajstić information content (AvgIpc) is 2.51. The van der Waals surface area contributed by atoms with Crippen LogP contribution in [0.25, 0.3) is 0 Å². The van der Waals surface area contributed by atoms with E-state index >= 15 is 0 Å². The molecule has 0 aliphatic rings. The number of nitrogens with zero attached hydrogens (tertiary/aromatic N) is 2. The lowest BCUT2D eigenvalue weighted by atomic mass is 10.1. The third-order valence-corrected chi connectivity index (χ3v) is 1.99. The lowest BCUT2D eigenvalue weighted by Crippen LogP contribution is -2.36. The molecule has 1 aromatic heterocycles. The van der Waals surface area contributed by atoms with E-state index in [0.717, 1.165) is 0 Å². The predicted molar refractivity (Wildman–Crippen MR) is 53.5 cm³/mol. The monoisotopic (exact) mass is 211 g/mol. The predicted octanol–water partition coefficient (Wildman–Crippen LogP) is 0.661. The van der Waals surface area contributed by atoms with Crippen LogP contribution in [0.3, 0.4) is 0 Å². The van der Waals surface area contributed by atoms with Crippen LogP contribution in [0.1, 0.15) is 20.8 Å². The number of amides is 1. The third kappa shape index (κ3) is 2.34. The molecule has 0 atom stereocenters. The van der Waals surface area contributed by atoms with Gasteiger partial charge < -0.3 is 10.4 Å². The van der Waals surface area contributed by atoms with Crippen LogP contribution in [0, 0.1) is 0 Å². The maximum Gasteiger partial charge on any atom is 0.331 e. The third-order valence-electron chi connectivity index (χ3n) is 1.99. The molecule has 0 unspecified atom stereocenters. The first kappa shape index (κ1) is 11.2. The minimum atomic E-state index is -1.13. The van der Waals surface area contributed by atoms with Crippen molar-refractivity contribution < 1.29 is 14.7 Å². The Morgan fingerprint density at radius 3 is 2.60 bits per heavy atom. The van der Waals surface area contributed by atoms with Gasteiger partial charge in [0, 0.05) is 19.2 Å². The molecule has 2 N–H and O–H groups in total. The van der Waals surface area contributed by atoms with Gasteiger partial charge in [-0.15, -0.1) is 0 Å². The molecule has 0 saturated carbocycles. The van der Waals surface area contributed by atoms with E-state index in [4.69, 9.17) is 5.11 Å². The Labute approximate surface area is 86.9 Å². The number of carbonyl (C=O) groups excluding carboxylic acids is 1. The van der Waals surface area contributed by atoms with E-state index < -0.39 is 11.5 Å². The van der Waals surface area contributed by atoms with Crippen LogP contribution in [-0.2, 0) is 15.1 Å². The summed E-state index contributed by atoms with van der Waals surface area (Å²) in [5.74, 6) is -0.884. The Balaban J connectivity index is 2.93. The van der Waals surface area contributed by atoms with Gasteiger partial charge in [0.15, 0.2) is 11.4 Å². The van der Waals surface area contributed by atoms with Gasteiger partial charge in [-0.2, -0.15) is 5.10 Å². The highest BCUT2D eigenvalue weighted by Gasteiger charge is 2.30. The van der Waals surface area contributed by atoms with Crippen LogP contribution in [-0.4, -0.2) is 26.8 Å². The molecule has 6 nitrogen and oxygen atoms in total. The molecule has 0 radical (unpaired) electrons. The Morgan fingerprint density at radius 2 is 2.13 bits per heavy atom. The summed E-state index contributed by atoms with van der Waals surface area (Å²) in [6, 6.07) is 1.55. The van der Waals surface area contributed by atoms with Crippen molar-refractivity contribution in [2.45, 2.75) is 26.3 Å². The van der Waals surface area contributed by atoms with Crippen molar-refractivity contribution in [1.82, 2.24) is 9.78 Å². The Morgan fingerprint density at radius 1 is 1.53 bits per heavy atom. The molecule has 0 spiro atoms. The number of aliphatic carboxylic acids is 1. The van der Waals surface area contributed by atoms with E-state index in [-0.39, 0.29) is 5.91 Å². The van der Waals surface area contributed by atoms with Gasteiger partial charge in [-0.3, -0.25) is 9.48 Å². The van der Waals surface area contributed by atoms with E-state index in [1.54, 1.807) is 6.07 Å². The van der Waals surface area contributed by atoms with Crippen molar-refractivity contribution in [2.75, 3.05) is 5.32 Å². The SMILES string of the molecule is CC(=O)Nc1ccn(C(C)(C)C(=O)O)n1. The summed E-state index contributed by atoms with van der Waals surface area (Å²) in [5.41, 5.74) is -1.13. The summed E-state index contributed by atoms with van der Waals surface area (Å²) >= 11 is 0. The number of carboxylic acid groups (broad SMARTS) is 1. The average molecular weight is 211 g/mol. The van der Waals surface area contributed by atoms with Crippen molar-refractivity contribution in [1.29, 1.82) is 0 Å². The Kier molecular flexibility index (Phi) is 2.78.